The first kappa shape index (κ1) is 22.8. The molecule has 6 nitrogen and oxygen atoms in total. The average molecular weight is 483 g/mol. The fraction of sp³-hybridized carbons (Fsp3) is 0.160. The summed E-state index contributed by atoms with van der Waals surface area (Å²) < 4.78 is 5.15. The van der Waals surface area contributed by atoms with Crippen LogP contribution < -0.4 is 4.74 Å². The zero-order chi connectivity index (χ0) is 23.7. The Balaban J connectivity index is 1.61. The number of benzene rings is 3. The summed E-state index contributed by atoms with van der Waals surface area (Å²) in [7, 11) is 0. The van der Waals surface area contributed by atoms with Gasteiger partial charge in [-0.25, -0.2) is 9.78 Å². The zero-order valence-electron chi connectivity index (χ0n) is 17.9. The number of carboxylic acids is 1. The fourth-order valence-corrected chi connectivity index (χ4v) is 4.15. The lowest BCUT2D eigenvalue weighted by Gasteiger charge is -2.08. The SMILES string of the molecule is Cc1ccc(CC(=O)c2ccc3nc(-c4c(Cl)cc(OCC(=O)O)cc4Cl)[nH]c3c2)cc1C. The van der Waals surface area contributed by atoms with Crippen LogP contribution in [0.1, 0.15) is 27.0 Å². The first-order chi connectivity index (χ1) is 15.7. The summed E-state index contributed by atoms with van der Waals surface area (Å²) in [4.78, 5) is 31.3. The number of nitrogens with one attached hydrogen (secondary N) is 1. The van der Waals surface area contributed by atoms with Gasteiger partial charge in [0, 0.05) is 12.0 Å². The van der Waals surface area contributed by atoms with Gasteiger partial charge in [0.25, 0.3) is 0 Å². The van der Waals surface area contributed by atoms with Gasteiger partial charge >= 0.3 is 5.97 Å². The fourth-order valence-electron chi connectivity index (χ4n) is 3.51. The molecule has 1 heterocycles. The van der Waals surface area contributed by atoms with Gasteiger partial charge in [0.05, 0.1) is 26.6 Å². The van der Waals surface area contributed by atoms with E-state index < -0.39 is 12.6 Å². The van der Waals surface area contributed by atoms with Crippen molar-refractivity contribution in [1.29, 1.82) is 0 Å². The van der Waals surface area contributed by atoms with Crippen LogP contribution in [0.25, 0.3) is 22.4 Å². The Morgan fingerprint density at radius 3 is 2.39 bits per heavy atom. The molecule has 0 aliphatic heterocycles. The van der Waals surface area contributed by atoms with E-state index in [2.05, 4.69) is 9.97 Å². The third-order valence-corrected chi connectivity index (χ3v) is 5.95. The minimum Gasteiger partial charge on any atom is -0.482 e. The minimum absolute atomic E-state index is 0.00676. The summed E-state index contributed by atoms with van der Waals surface area (Å²) in [6.07, 6.45) is 0.309. The minimum atomic E-state index is -1.11. The maximum Gasteiger partial charge on any atom is 0.341 e. The zero-order valence-corrected chi connectivity index (χ0v) is 19.4. The molecule has 3 aromatic carbocycles. The second kappa shape index (κ2) is 9.25. The summed E-state index contributed by atoms with van der Waals surface area (Å²) in [6, 6.07) is 14.3. The highest BCUT2D eigenvalue weighted by atomic mass is 35.5. The van der Waals surface area contributed by atoms with Gasteiger partial charge < -0.3 is 14.8 Å². The number of aryl methyl sites for hydroxylation is 2. The van der Waals surface area contributed by atoms with Gasteiger partial charge in [-0.3, -0.25) is 4.79 Å². The van der Waals surface area contributed by atoms with Crippen LogP contribution in [0.4, 0.5) is 0 Å². The van der Waals surface area contributed by atoms with Crippen molar-refractivity contribution in [3.8, 4) is 17.1 Å². The van der Waals surface area contributed by atoms with Crippen LogP contribution in [0.2, 0.25) is 10.0 Å². The molecule has 0 atom stereocenters. The molecule has 33 heavy (non-hydrogen) atoms. The van der Waals surface area contributed by atoms with Crippen LogP contribution in [-0.4, -0.2) is 33.4 Å². The molecule has 0 fully saturated rings. The Morgan fingerprint density at radius 2 is 1.73 bits per heavy atom. The number of ether oxygens (including phenoxy) is 1. The highest BCUT2D eigenvalue weighted by molar-refractivity contribution is 6.39. The number of H-pyrrole nitrogens is 1. The van der Waals surface area contributed by atoms with Gasteiger partial charge in [-0.2, -0.15) is 0 Å². The lowest BCUT2D eigenvalue weighted by Crippen LogP contribution is -2.09. The summed E-state index contributed by atoms with van der Waals surface area (Å²) in [5, 5.41) is 9.28. The molecule has 0 saturated carbocycles. The Bertz CT molecular complexity index is 1370. The van der Waals surface area contributed by atoms with Crippen LogP contribution in [0.3, 0.4) is 0 Å². The molecular formula is C25H20Cl2N2O4. The number of nitrogens with zero attached hydrogens (tertiary/aromatic N) is 1. The Kier molecular flexibility index (Phi) is 6.40. The molecule has 8 heteroatoms. The average Bonchev–Trinajstić information content (AvgIpc) is 3.17. The van der Waals surface area contributed by atoms with Crippen LogP contribution >= 0.6 is 23.2 Å². The number of aliphatic carboxylic acids is 1. The Labute approximate surface area is 200 Å². The predicted octanol–water partition coefficient (Wildman–Crippen LogP) is 6.04. The third-order valence-electron chi connectivity index (χ3n) is 5.35. The molecule has 0 spiro atoms. The van der Waals surface area contributed by atoms with Crippen LogP contribution in [0, 0.1) is 13.8 Å². The molecule has 1 aromatic heterocycles. The Hall–Kier alpha value is -3.35. The Morgan fingerprint density at radius 1 is 1.00 bits per heavy atom. The quantitative estimate of drug-likeness (QED) is 0.313. The standard InChI is InChI=1S/C25H20Cl2N2O4/c1-13-3-4-15(7-14(13)2)8-22(30)16-5-6-20-21(9-16)29-25(28-20)24-18(26)10-17(11-19(24)27)33-12-23(31)32/h3-7,9-11H,8,12H2,1-2H3,(H,28,29)(H,31,32). The molecule has 0 radical (unpaired) electrons. The maximum absolute atomic E-state index is 12.9. The molecular weight excluding hydrogens is 463 g/mol. The molecule has 2 N–H and O–H groups in total. The second-order valence-electron chi connectivity index (χ2n) is 7.78. The summed E-state index contributed by atoms with van der Waals surface area (Å²) in [5.74, 6) is -0.422. The molecule has 0 amide bonds. The number of carboxylic acid groups (broad SMARTS) is 1. The summed E-state index contributed by atoms with van der Waals surface area (Å²) in [6.45, 7) is 3.57. The van der Waals surface area contributed by atoms with Crippen molar-refractivity contribution in [3.05, 3.63) is 80.8 Å². The maximum atomic E-state index is 12.9. The highest BCUT2D eigenvalue weighted by Crippen LogP contribution is 2.37. The molecule has 0 aliphatic carbocycles. The predicted molar refractivity (Wildman–Crippen MR) is 129 cm³/mol. The number of hydrogen-bond acceptors (Lipinski definition) is 4. The number of carbonyl (C=O) groups excluding carboxylic acids is 1. The van der Waals surface area contributed by atoms with Crippen molar-refractivity contribution >= 4 is 46.0 Å². The number of aromatic nitrogens is 2. The number of halogens is 2. The van der Waals surface area contributed by atoms with Crippen LogP contribution in [0.5, 0.6) is 5.75 Å². The van der Waals surface area contributed by atoms with E-state index in [-0.39, 0.29) is 21.6 Å². The van der Waals surface area contributed by atoms with Crippen molar-refractivity contribution in [2.45, 2.75) is 20.3 Å². The molecule has 0 saturated heterocycles. The summed E-state index contributed by atoms with van der Waals surface area (Å²) >= 11 is 12.8. The molecule has 0 unspecified atom stereocenters. The normalized spacial score (nSPS) is 11.0. The summed E-state index contributed by atoms with van der Waals surface area (Å²) in [5.41, 5.74) is 5.68. The number of ketones is 1. The first-order valence-electron chi connectivity index (χ1n) is 10.1. The molecule has 4 rings (SSSR count). The monoisotopic (exact) mass is 482 g/mol. The van der Waals surface area contributed by atoms with E-state index in [1.807, 2.05) is 32.0 Å². The smallest absolute Gasteiger partial charge is 0.341 e. The lowest BCUT2D eigenvalue weighted by atomic mass is 9.99. The van der Waals surface area contributed by atoms with Gasteiger partial charge in [0.2, 0.25) is 0 Å². The number of carbonyl (C=O) groups is 2. The second-order valence-corrected chi connectivity index (χ2v) is 8.59. The van der Waals surface area contributed by atoms with Gasteiger partial charge in [0.15, 0.2) is 12.4 Å². The molecule has 0 bridgehead atoms. The van der Waals surface area contributed by atoms with Crippen molar-refractivity contribution < 1.29 is 19.4 Å². The largest absolute Gasteiger partial charge is 0.482 e. The van der Waals surface area contributed by atoms with Crippen LogP contribution in [-0.2, 0) is 11.2 Å². The number of imidazole rings is 1. The van der Waals surface area contributed by atoms with Gasteiger partial charge in [-0.1, -0.05) is 41.4 Å². The van der Waals surface area contributed by atoms with Gasteiger partial charge in [-0.15, -0.1) is 0 Å². The van der Waals surface area contributed by atoms with E-state index in [0.717, 1.165) is 11.1 Å². The van der Waals surface area contributed by atoms with E-state index in [1.165, 1.54) is 17.7 Å². The van der Waals surface area contributed by atoms with Gasteiger partial charge in [0.1, 0.15) is 11.6 Å². The number of fused-ring (bicyclic) bond motifs is 1. The molecule has 4 aromatic rings. The van der Waals surface area contributed by atoms with Crippen molar-refractivity contribution in [2.24, 2.45) is 0 Å². The van der Waals surface area contributed by atoms with Crippen molar-refractivity contribution in [3.63, 3.8) is 0 Å². The highest BCUT2D eigenvalue weighted by Gasteiger charge is 2.17. The number of rotatable bonds is 7. The topological polar surface area (TPSA) is 92.3 Å². The third kappa shape index (κ3) is 5.02. The van der Waals surface area contributed by atoms with E-state index in [4.69, 9.17) is 33.0 Å². The van der Waals surface area contributed by atoms with E-state index in [0.29, 0.717) is 34.4 Å². The van der Waals surface area contributed by atoms with Crippen molar-refractivity contribution in [1.82, 2.24) is 9.97 Å². The molecule has 168 valence electrons. The van der Waals surface area contributed by atoms with Gasteiger partial charge in [-0.05, 0) is 60.9 Å². The first-order valence-corrected chi connectivity index (χ1v) is 10.9. The van der Waals surface area contributed by atoms with E-state index in [1.54, 1.807) is 18.2 Å². The van der Waals surface area contributed by atoms with Crippen molar-refractivity contribution in [2.75, 3.05) is 6.61 Å². The number of hydrogen-bond donors (Lipinski definition) is 2. The molecule has 0 aliphatic rings. The van der Waals surface area contributed by atoms with E-state index >= 15 is 0 Å². The van der Waals surface area contributed by atoms with E-state index in [9.17, 15) is 9.59 Å². The number of Topliss-reactive ketones (excluding diaryl/α,β-unsaturated/α-hetero) is 1. The lowest BCUT2D eigenvalue weighted by molar-refractivity contribution is -0.139. The number of aromatic amines is 1. The van der Waals surface area contributed by atoms with Crippen LogP contribution in [0.15, 0.2) is 48.5 Å².